The number of hydrogen-bond donors (Lipinski definition) is 1. The van der Waals surface area contributed by atoms with E-state index in [0.717, 1.165) is 31.8 Å². The number of ether oxygens (including phenoxy) is 2. The molecule has 4 heteroatoms. The third-order valence-electron chi connectivity index (χ3n) is 3.13. The largest absolute Gasteiger partial charge is 0.464 e. The van der Waals surface area contributed by atoms with Crippen molar-refractivity contribution in [3.05, 3.63) is 0 Å². The van der Waals surface area contributed by atoms with E-state index >= 15 is 0 Å². The Labute approximate surface area is 90.3 Å². The van der Waals surface area contributed by atoms with E-state index in [4.69, 9.17) is 9.47 Å². The van der Waals surface area contributed by atoms with Crippen LogP contribution in [0, 0.1) is 5.92 Å². The van der Waals surface area contributed by atoms with Gasteiger partial charge < -0.3 is 14.8 Å². The molecule has 0 aromatic carbocycles. The molecule has 0 radical (unpaired) electrons. The Morgan fingerprint density at radius 2 is 2.40 bits per heavy atom. The van der Waals surface area contributed by atoms with Crippen molar-refractivity contribution in [3.8, 4) is 0 Å². The van der Waals surface area contributed by atoms with Gasteiger partial charge in [-0.25, -0.2) is 4.79 Å². The highest BCUT2D eigenvalue weighted by Gasteiger charge is 2.27. The van der Waals surface area contributed by atoms with Crippen LogP contribution in [0.4, 0.5) is 0 Å². The highest BCUT2D eigenvalue weighted by molar-refractivity contribution is 5.76. The van der Waals surface area contributed by atoms with Crippen LogP contribution in [0.25, 0.3) is 0 Å². The number of carbonyl (C=O) groups is 1. The fourth-order valence-electron chi connectivity index (χ4n) is 2.18. The smallest absolute Gasteiger partial charge is 0.335 e. The van der Waals surface area contributed by atoms with Crippen LogP contribution in [0.1, 0.15) is 25.7 Å². The first-order valence-electron chi connectivity index (χ1n) is 5.85. The van der Waals surface area contributed by atoms with Gasteiger partial charge in [0.2, 0.25) is 0 Å². The van der Waals surface area contributed by atoms with Gasteiger partial charge >= 0.3 is 5.97 Å². The quantitative estimate of drug-likeness (QED) is 0.699. The SMILES string of the molecule is O=C1OCCC1OCCC1CCCNC1. The molecule has 0 aromatic heterocycles. The van der Waals surface area contributed by atoms with Crippen molar-refractivity contribution in [2.75, 3.05) is 26.3 Å². The number of nitrogens with one attached hydrogen (secondary N) is 1. The van der Waals surface area contributed by atoms with Gasteiger partial charge in [0.15, 0.2) is 6.10 Å². The number of hydrogen-bond acceptors (Lipinski definition) is 4. The lowest BCUT2D eigenvalue weighted by Crippen LogP contribution is -2.31. The van der Waals surface area contributed by atoms with Crippen LogP contribution < -0.4 is 5.32 Å². The second-order valence-electron chi connectivity index (χ2n) is 4.32. The Balaban J connectivity index is 1.59. The maximum absolute atomic E-state index is 11.1. The van der Waals surface area contributed by atoms with Gasteiger partial charge in [0.05, 0.1) is 6.61 Å². The lowest BCUT2D eigenvalue weighted by Gasteiger charge is -2.22. The molecule has 86 valence electrons. The molecule has 2 saturated heterocycles. The van der Waals surface area contributed by atoms with Gasteiger partial charge in [-0.15, -0.1) is 0 Å². The maximum Gasteiger partial charge on any atom is 0.335 e. The summed E-state index contributed by atoms with van der Waals surface area (Å²) in [4.78, 5) is 11.1. The monoisotopic (exact) mass is 213 g/mol. The maximum atomic E-state index is 11.1. The molecule has 0 amide bonds. The van der Waals surface area contributed by atoms with Gasteiger partial charge in [0.25, 0.3) is 0 Å². The van der Waals surface area contributed by atoms with Crippen molar-refractivity contribution in [2.24, 2.45) is 5.92 Å². The summed E-state index contributed by atoms with van der Waals surface area (Å²) in [6, 6.07) is 0. The van der Waals surface area contributed by atoms with Crippen LogP contribution in [0.15, 0.2) is 0 Å². The fourth-order valence-corrected chi connectivity index (χ4v) is 2.18. The summed E-state index contributed by atoms with van der Waals surface area (Å²) in [7, 11) is 0. The Morgan fingerprint density at radius 1 is 1.47 bits per heavy atom. The first kappa shape index (κ1) is 10.9. The second-order valence-corrected chi connectivity index (χ2v) is 4.32. The van der Waals surface area contributed by atoms with Crippen molar-refractivity contribution < 1.29 is 14.3 Å². The standard InChI is InChI=1S/C11H19NO3/c13-11-10(4-7-15-11)14-6-3-9-2-1-5-12-8-9/h9-10,12H,1-8H2. The first-order chi connectivity index (χ1) is 7.36. The molecular formula is C11H19NO3. The van der Waals surface area contributed by atoms with Crippen molar-refractivity contribution in [2.45, 2.75) is 31.8 Å². The van der Waals surface area contributed by atoms with E-state index in [-0.39, 0.29) is 12.1 Å². The summed E-state index contributed by atoms with van der Waals surface area (Å²) >= 11 is 0. The second kappa shape index (κ2) is 5.47. The summed E-state index contributed by atoms with van der Waals surface area (Å²) in [6.45, 7) is 3.45. The van der Waals surface area contributed by atoms with Crippen molar-refractivity contribution in [1.82, 2.24) is 5.32 Å². The van der Waals surface area contributed by atoms with Crippen LogP contribution in [0.3, 0.4) is 0 Å². The minimum atomic E-state index is -0.290. The third-order valence-corrected chi connectivity index (χ3v) is 3.13. The van der Waals surface area contributed by atoms with E-state index in [2.05, 4.69) is 5.32 Å². The highest BCUT2D eigenvalue weighted by Crippen LogP contribution is 2.16. The van der Waals surface area contributed by atoms with Crippen molar-refractivity contribution in [3.63, 3.8) is 0 Å². The normalized spacial score (nSPS) is 31.6. The molecule has 2 heterocycles. The molecule has 4 nitrogen and oxygen atoms in total. The van der Waals surface area contributed by atoms with Gasteiger partial charge in [-0.1, -0.05) is 0 Å². The molecule has 2 atom stereocenters. The Hall–Kier alpha value is -0.610. The molecule has 0 saturated carbocycles. The van der Waals surface area contributed by atoms with E-state index in [0.29, 0.717) is 13.2 Å². The van der Waals surface area contributed by atoms with E-state index in [1.54, 1.807) is 0 Å². The molecule has 2 aliphatic rings. The van der Waals surface area contributed by atoms with Gasteiger partial charge in [0.1, 0.15) is 0 Å². The molecule has 0 bridgehead atoms. The van der Waals surface area contributed by atoms with Crippen LogP contribution in [-0.4, -0.2) is 38.4 Å². The Bertz CT molecular complexity index is 214. The topological polar surface area (TPSA) is 47.6 Å². The van der Waals surface area contributed by atoms with Crippen LogP contribution in [0.5, 0.6) is 0 Å². The van der Waals surface area contributed by atoms with Crippen LogP contribution in [-0.2, 0) is 14.3 Å². The minimum absolute atomic E-state index is 0.184. The van der Waals surface area contributed by atoms with Gasteiger partial charge in [-0.2, -0.15) is 0 Å². The molecule has 2 fully saturated rings. The summed E-state index contributed by atoms with van der Waals surface area (Å²) in [6.07, 6.45) is 4.03. The number of esters is 1. The predicted octanol–water partition coefficient (Wildman–Crippen LogP) is 0.708. The molecule has 0 spiro atoms. The summed E-state index contributed by atoms with van der Waals surface area (Å²) < 4.78 is 10.3. The Morgan fingerprint density at radius 3 is 3.07 bits per heavy atom. The highest BCUT2D eigenvalue weighted by atomic mass is 16.6. The number of carbonyl (C=O) groups excluding carboxylic acids is 1. The average molecular weight is 213 g/mol. The van der Waals surface area contributed by atoms with E-state index < -0.39 is 0 Å². The third kappa shape index (κ3) is 3.18. The number of cyclic esters (lactones) is 1. The minimum Gasteiger partial charge on any atom is -0.464 e. The molecule has 0 aromatic rings. The molecule has 2 rings (SSSR count). The molecule has 1 N–H and O–H groups in total. The lowest BCUT2D eigenvalue weighted by molar-refractivity contribution is -0.147. The van der Waals surface area contributed by atoms with Crippen molar-refractivity contribution >= 4 is 5.97 Å². The van der Waals surface area contributed by atoms with E-state index in [1.807, 2.05) is 0 Å². The number of rotatable bonds is 4. The van der Waals surface area contributed by atoms with E-state index in [9.17, 15) is 4.79 Å². The summed E-state index contributed by atoms with van der Waals surface area (Å²) in [5.41, 5.74) is 0. The molecular weight excluding hydrogens is 194 g/mol. The zero-order chi connectivity index (χ0) is 10.5. The fraction of sp³-hybridized carbons (Fsp3) is 0.909. The zero-order valence-corrected chi connectivity index (χ0v) is 9.04. The predicted molar refractivity (Wildman–Crippen MR) is 55.5 cm³/mol. The molecule has 2 unspecified atom stereocenters. The van der Waals surface area contributed by atoms with Gasteiger partial charge in [0, 0.05) is 13.0 Å². The molecule has 0 aliphatic carbocycles. The Kier molecular flexibility index (Phi) is 3.97. The van der Waals surface area contributed by atoms with Crippen LogP contribution >= 0.6 is 0 Å². The van der Waals surface area contributed by atoms with E-state index in [1.165, 1.54) is 12.8 Å². The summed E-state index contributed by atoms with van der Waals surface area (Å²) in [5.74, 6) is 0.535. The van der Waals surface area contributed by atoms with Gasteiger partial charge in [-0.3, -0.25) is 0 Å². The molecule has 2 aliphatic heterocycles. The van der Waals surface area contributed by atoms with Crippen molar-refractivity contribution in [1.29, 1.82) is 0 Å². The first-order valence-corrected chi connectivity index (χ1v) is 5.85. The van der Waals surface area contributed by atoms with Gasteiger partial charge in [-0.05, 0) is 38.3 Å². The molecule has 15 heavy (non-hydrogen) atoms. The number of piperidine rings is 1. The van der Waals surface area contributed by atoms with Crippen LogP contribution in [0.2, 0.25) is 0 Å². The lowest BCUT2D eigenvalue weighted by atomic mass is 9.97. The summed E-state index contributed by atoms with van der Waals surface area (Å²) in [5, 5.41) is 3.37. The zero-order valence-electron chi connectivity index (χ0n) is 9.04. The average Bonchev–Trinajstić information content (AvgIpc) is 2.66.